The predicted octanol–water partition coefficient (Wildman–Crippen LogP) is 1.15. The Morgan fingerprint density at radius 3 is 2.29 bits per heavy atom. The van der Waals surface area contributed by atoms with Gasteiger partial charge < -0.3 is 10.2 Å². The lowest BCUT2D eigenvalue weighted by Crippen LogP contribution is -2.57. The molecule has 2 aliphatic carbocycles. The zero-order valence-electron chi connectivity index (χ0n) is 11.2. The fourth-order valence-electron chi connectivity index (χ4n) is 3.29. The molecular weight excluding hydrogens is 210 g/mol. The van der Waals surface area contributed by atoms with Crippen molar-refractivity contribution in [2.24, 2.45) is 5.92 Å². The molecular formula is C14H27N3. The van der Waals surface area contributed by atoms with E-state index in [1.54, 1.807) is 0 Å². The van der Waals surface area contributed by atoms with E-state index in [0.29, 0.717) is 0 Å². The topological polar surface area (TPSA) is 18.5 Å². The van der Waals surface area contributed by atoms with Crippen LogP contribution in [0.1, 0.15) is 32.6 Å². The van der Waals surface area contributed by atoms with E-state index in [-0.39, 0.29) is 0 Å². The van der Waals surface area contributed by atoms with E-state index in [2.05, 4.69) is 22.0 Å². The van der Waals surface area contributed by atoms with Crippen molar-refractivity contribution in [2.45, 2.75) is 44.7 Å². The first kappa shape index (κ1) is 11.9. The molecule has 1 heterocycles. The van der Waals surface area contributed by atoms with E-state index in [1.165, 1.54) is 65.0 Å². The molecule has 1 aliphatic heterocycles. The standard InChI is InChI=1S/C14H27N3/c1-2-16-7-9-17(10-8-16)14-6-3-12(14)11-15-13-4-5-13/h12-15H,2-11H2,1H3. The lowest BCUT2D eigenvalue weighted by molar-refractivity contribution is 0.0223. The van der Waals surface area contributed by atoms with E-state index < -0.39 is 0 Å². The van der Waals surface area contributed by atoms with Crippen LogP contribution in [-0.2, 0) is 0 Å². The second-order valence-corrected chi connectivity index (χ2v) is 6.06. The zero-order valence-corrected chi connectivity index (χ0v) is 11.2. The van der Waals surface area contributed by atoms with Crippen molar-refractivity contribution in [1.29, 1.82) is 0 Å². The van der Waals surface area contributed by atoms with Crippen LogP contribution in [0.5, 0.6) is 0 Å². The summed E-state index contributed by atoms with van der Waals surface area (Å²) in [5, 5.41) is 3.71. The van der Waals surface area contributed by atoms with Crippen molar-refractivity contribution in [3.05, 3.63) is 0 Å². The Morgan fingerprint density at radius 2 is 1.76 bits per heavy atom. The molecule has 2 saturated carbocycles. The fourth-order valence-corrected chi connectivity index (χ4v) is 3.29. The summed E-state index contributed by atoms with van der Waals surface area (Å²) in [5.74, 6) is 0.948. The number of rotatable bonds is 5. The van der Waals surface area contributed by atoms with Crippen LogP contribution in [-0.4, -0.2) is 61.2 Å². The van der Waals surface area contributed by atoms with Crippen LogP contribution in [0.4, 0.5) is 0 Å². The lowest BCUT2D eigenvalue weighted by Gasteiger charge is -2.47. The van der Waals surface area contributed by atoms with Gasteiger partial charge in [0, 0.05) is 38.3 Å². The van der Waals surface area contributed by atoms with Crippen molar-refractivity contribution in [2.75, 3.05) is 39.3 Å². The molecule has 0 aromatic carbocycles. The monoisotopic (exact) mass is 237 g/mol. The number of nitrogens with one attached hydrogen (secondary N) is 1. The molecule has 3 fully saturated rings. The average Bonchev–Trinajstić information content (AvgIpc) is 3.13. The highest BCUT2D eigenvalue weighted by Crippen LogP contribution is 2.33. The van der Waals surface area contributed by atoms with Crippen LogP contribution in [0.15, 0.2) is 0 Å². The third kappa shape index (κ3) is 2.83. The number of hydrogen-bond acceptors (Lipinski definition) is 3. The summed E-state index contributed by atoms with van der Waals surface area (Å²) < 4.78 is 0. The van der Waals surface area contributed by atoms with Crippen LogP contribution in [0, 0.1) is 5.92 Å². The van der Waals surface area contributed by atoms with E-state index in [9.17, 15) is 0 Å². The van der Waals surface area contributed by atoms with Gasteiger partial charge in [0.2, 0.25) is 0 Å². The van der Waals surface area contributed by atoms with Crippen molar-refractivity contribution < 1.29 is 0 Å². The summed E-state index contributed by atoms with van der Waals surface area (Å²) in [4.78, 5) is 5.33. The van der Waals surface area contributed by atoms with Crippen LogP contribution in [0.2, 0.25) is 0 Å². The van der Waals surface area contributed by atoms with Crippen LogP contribution in [0.3, 0.4) is 0 Å². The summed E-state index contributed by atoms with van der Waals surface area (Å²) in [5.41, 5.74) is 0. The van der Waals surface area contributed by atoms with E-state index in [1.807, 2.05) is 0 Å². The van der Waals surface area contributed by atoms with Crippen LogP contribution < -0.4 is 5.32 Å². The molecule has 2 atom stereocenters. The Morgan fingerprint density at radius 1 is 1.00 bits per heavy atom. The first-order chi connectivity index (χ1) is 8.36. The molecule has 98 valence electrons. The molecule has 0 aromatic heterocycles. The predicted molar refractivity (Wildman–Crippen MR) is 71.2 cm³/mol. The van der Waals surface area contributed by atoms with Gasteiger partial charge in [0.05, 0.1) is 0 Å². The SMILES string of the molecule is CCN1CCN(C2CCC2CNC2CC2)CC1. The Balaban J connectivity index is 1.41. The highest BCUT2D eigenvalue weighted by molar-refractivity contribution is 4.93. The second kappa shape index (κ2) is 5.25. The number of hydrogen-bond donors (Lipinski definition) is 1. The van der Waals surface area contributed by atoms with Gasteiger partial charge in [-0.2, -0.15) is 0 Å². The van der Waals surface area contributed by atoms with Crippen molar-refractivity contribution in [1.82, 2.24) is 15.1 Å². The second-order valence-electron chi connectivity index (χ2n) is 6.06. The smallest absolute Gasteiger partial charge is 0.0137 e. The number of nitrogens with zero attached hydrogens (tertiary/aromatic N) is 2. The van der Waals surface area contributed by atoms with Gasteiger partial charge in [-0.1, -0.05) is 6.92 Å². The number of piperazine rings is 1. The molecule has 3 heteroatoms. The average molecular weight is 237 g/mol. The summed E-state index contributed by atoms with van der Waals surface area (Å²) in [6, 6.07) is 1.79. The molecule has 0 radical (unpaired) electrons. The molecule has 0 amide bonds. The molecule has 0 aromatic rings. The quantitative estimate of drug-likeness (QED) is 0.774. The maximum atomic E-state index is 3.71. The van der Waals surface area contributed by atoms with Crippen LogP contribution in [0.25, 0.3) is 0 Å². The maximum Gasteiger partial charge on any atom is 0.0137 e. The van der Waals surface area contributed by atoms with Crippen LogP contribution >= 0.6 is 0 Å². The third-order valence-electron chi connectivity index (χ3n) is 4.95. The van der Waals surface area contributed by atoms with Gasteiger partial charge in [0.25, 0.3) is 0 Å². The molecule has 0 bridgehead atoms. The van der Waals surface area contributed by atoms with Gasteiger partial charge in [-0.15, -0.1) is 0 Å². The fraction of sp³-hybridized carbons (Fsp3) is 1.00. The maximum absolute atomic E-state index is 3.71. The first-order valence-corrected chi connectivity index (χ1v) is 7.56. The van der Waals surface area contributed by atoms with Crippen molar-refractivity contribution in [3.63, 3.8) is 0 Å². The van der Waals surface area contributed by atoms with Gasteiger partial charge in [-0.05, 0) is 44.7 Å². The Labute approximate surface area is 106 Å². The van der Waals surface area contributed by atoms with Crippen molar-refractivity contribution >= 4 is 0 Å². The molecule has 1 saturated heterocycles. The first-order valence-electron chi connectivity index (χ1n) is 7.56. The highest BCUT2D eigenvalue weighted by atomic mass is 15.3. The molecule has 17 heavy (non-hydrogen) atoms. The summed E-state index contributed by atoms with van der Waals surface area (Å²) in [6.45, 7) is 9.97. The summed E-state index contributed by atoms with van der Waals surface area (Å²) in [7, 11) is 0. The van der Waals surface area contributed by atoms with Gasteiger partial charge in [0.15, 0.2) is 0 Å². The Bertz CT molecular complexity index is 244. The zero-order chi connectivity index (χ0) is 11.7. The molecule has 3 nitrogen and oxygen atoms in total. The van der Waals surface area contributed by atoms with Crippen molar-refractivity contribution in [3.8, 4) is 0 Å². The highest BCUT2D eigenvalue weighted by Gasteiger charge is 2.37. The van der Waals surface area contributed by atoms with Gasteiger partial charge >= 0.3 is 0 Å². The molecule has 2 unspecified atom stereocenters. The minimum Gasteiger partial charge on any atom is -0.314 e. The Hall–Kier alpha value is -0.120. The van der Waals surface area contributed by atoms with Gasteiger partial charge in [0.1, 0.15) is 0 Å². The van der Waals surface area contributed by atoms with Gasteiger partial charge in [-0.25, -0.2) is 0 Å². The molecule has 3 aliphatic rings. The number of likely N-dealkylation sites (N-methyl/N-ethyl adjacent to an activating group) is 1. The van der Waals surface area contributed by atoms with Gasteiger partial charge in [-0.3, -0.25) is 4.90 Å². The largest absolute Gasteiger partial charge is 0.314 e. The normalized spacial score (nSPS) is 35.8. The molecule has 1 N–H and O–H groups in total. The summed E-state index contributed by atoms with van der Waals surface area (Å²) >= 11 is 0. The lowest BCUT2D eigenvalue weighted by atomic mass is 9.78. The minimum atomic E-state index is 0.883. The summed E-state index contributed by atoms with van der Waals surface area (Å²) in [6.07, 6.45) is 5.75. The van der Waals surface area contributed by atoms with E-state index in [0.717, 1.165) is 18.0 Å². The Kier molecular flexibility index (Phi) is 3.69. The van der Waals surface area contributed by atoms with E-state index in [4.69, 9.17) is 0 Å². The van der Waals surface area contributed by atoms with E-state index >= 15 is 0 Å². The minimum absolute atomic E-state index is 0.883. The molecule has 3 rings (SSSR count). The molecule has 0 spiro atoms. The third-order valence-corrected chi connectivity index (χ3v) is 4.95.